The third-order valence-corrected chi connectivity index (χ3v) is 2.66. The van der Waals surface area contributed by atoms with Crippen molar-refractivity contribution < 1.29 is 19.8 Å². The first kappa shape index (κ1) is 13.6. The van der Waals surface area contributed by atoms with Crippen molar-refractivity contribution in [2.24, 2.45) is 0 Å². The molecule has 6 nitrogen and oxygen atoms in total. The van der Waals surface area contributed by atoms with Gasteiger partial charge in [0.25, 0.3) is 5.91 Å². The predicted octanol–water partition coefficient (Wildman–Crippen LogP) is 0.409. The van der Waals surface area contributed by atoms with E-state index in [1.54, 1.807) is 6.07 Å². The molecule has 7 heteroatoms. The summed E-state index contributed by atoms with van der Waals surface area (Å²) >= 11 is 3.09. The molecule has 1 heterocycles. The van der Waals surface area contributed by atoms with Crippen LogP contribution in [0.1, 0.15) is 16.8 Å². The maximum atomic E-state index is 11.7. The van der Waals surface area contributed by atoms with E-state index in [1.807, 2.05) is 0 Å². The topological polar surface area (TPSA) is 99.5 Å². The molecule has 0 saturated heterocycles. The highest BCUT2D eigenvalue weighted by molar-refractivity contribution is 9.10. The number of pyridine rings is 1. The minimum Gasteiger partial charge on any atom is -0.480 e. The molecule has 0 bridgehead atoms. The van der Waals surface area contributed by atoms with E-state index < -0.39 is 17.9 Å². The van der Waals surface area contributed by atoms with Gasteiger partial charge in [0.15, 0.2) is 0 Å². The van der Waals surface area contributed by atoms with Crippen LogP contribution in [0.15, 0.2) is 22.9 Å². The van der Waals surface area contributed by atoms with Gasteiger partial charge in [-0.05, 0) is 28.1 Å². The molecule has 1 atom stereocenters. The molecule has 0 aromatic carbocycles. The summed E-state index contributed by atoms with van der Waals surface area (Å²) in [7, 11) is 0. The number of carboxylic acid groups (broad SMARTS) is 1. The minimum atomic E-state index is -1.19. The number of carbonyl (C=O) groups is 2. The lowest BCUT2D eigenvalue weighted by molar-refractivity contribution is -0.139. The van der Waals surface area contributed by atoms with E-state index in [0.29, 0.717) is 4.60 Å². The number of aliphatic hydroxyl groups is 1. The Bertz CT molecular complexity index is 425. The van der Waals surface area contributed by atoms with Crippen LogP contribution in [0.5, 0.6) is 0 Å². The summed E-state index contributed by atoms with van der Waals surface area (Å²) in [5.74, 6) is -1.74. The third-order valence-electron chi connectivity index (χ3n) is 2.02. The Labute approximate surface area is 106 Å². The van der Waals surface area contributed by atoms with Crippen molar-refractivity contribution in [2.45, 2.75) is 12.5 Å². The molecule has 92 valence electrons. The highest BCUT2D eigenvalue weighted by atomic mass is 79.9. The summed E-state index contributed by atoms with van der Waals surface area (Å²) in [6.07, 6.45) is 1.46. The Hall–Kier alpha value is -1.47. The largest absolute Gasteiger partial charge is 0.480 e. The van der Waals surface area contributed by atoms with Gasteiger partial charge in [-0.2, -0.15) is 0 Å². The number of aliphatic carboxylic acids is 1. The lowest BCUT2D eigenvalue weighted by atomic mass is 10.2. The first-order valence-corrected chi connectivity index (χ1v) is 5.60. The molecule has 0 aliphatic heterocycles. The normalized spacial score (nSPS) is 11.9. The zero-order valence-corrected chi connectivity index (χ0v) is 10.3. The van der Waals surface area contributed by atoms with Crippen molar-refractivity contribution in [1.82, 2.24) is 10.3 Å². The first-order valence-electron chi connectivity index (χ1n) is 4.81. The summed E-state index contributed by atoms with van der Waals surface area (Å²) < 4.78 is 0.339. The molecule has 0 aliphatic carbocycles. The maximum absolute atomic E-state index is 11.7. The molecule has 0 saturated carbocycles. The van der Waals surface area contributed by atoms with Crippen LogP contribution in [0.3, 0.4) is 0 Å². The van der Waals surface area contributed by atoms with Crippen molar-refractivity contribution in [1.29, 1.82) is 0 Å². The number of rotatable bonds is 5. The van der Waals surface area contributed by atoms with Crippen LogP contribution in [-0.2, 0) is 4.79 Å². The molecular formula is C10H11BrN2O4. The van der Waals surface area contributed by atoms with Crippen molar-refractivity contribution in [3.05, 3.63) is 28.5 Å². The van der Waals surface area contributed by atoms with Crippen LogP contribution in [0.25, 0.3) is 0 Å². The number of nitrogens with zero attached hydrogens (tertiary/aromatic N) is 1. The van der Waals surface area contributed by atoms with E-state index in [0.717, 1.165) is 0 Å². The van der Waals surface area contributed by atoms with Crippen LogP contribution in [0, 0.1) is 0 Å². The van der Waals surface area contributed by atoms with Crippen LogP contribution < -0.4 is 5.32 Å². The molecule has 1 rings (SSSR count). The van der Waals surface area contributed by atoms with Crippen molar-refractivity contribution >= 4 is 27.8 Å². The Kier molecular flexibility index (Phi) is 5.05. The SMILES string of the molecule is O=C(NC(CCO)C(=O)O)c1cccnc1Br. The summed E-state index contributed by atoms with van der Waals surface area (Å²) in [4.78, 5) is 26.4. The lowest BCUT2D eigenvalue weighted by Crippen LogP contribution is -2.41. The molecule has 0 radical (unpaired) electrons. The Morgan fingerprint density at radius 3 is 2.76 bits per heavy atom. The quantitative estimate of drug-likeness (QED) is 0.684. The van der Waals surface area contributed by atoms with E-state index in [1.165, 1.54) is 12.3 Å². The molecule has 17 heavy (non-hydrogen) atoms. The average Bonchev–Trinajstić information content (AvgIpc) is 2.28. The zero-order chi connectivity index (χ0) is 12.8. The highest BCUT2D eigenvalue weighted by Gasteiger charge is 2.21. The molecular weight excluding hydrogens is 292 g/mol. The fraction of sp³-hybridized carbons (Fsp3) is 0.300. The summed E-state index contributed by atoms with van der Waals surface area (Å²) in [5.41, 5.74) is 0.247. The Morgan fingerprint density at radius 1 is 1.53 bits per heavy atom. The van der Waals surface area contributed by atoms with E-state index in [9.17, 15) is 9.59 Å². The first-order chi connectivity index (χ1) is 8.06. The van der Waals surface area contributed by atoms with E-state index >= 15 is 0 Å². The number of nitrogens with one attached hydrogen (secondary N) is 1. The molecule has 1 aromatic heterocycles. The molecule has 3 N–H and O–H groups in total. The minimum absolute atomic E-state index is 0.0427. The molecule has 1 amide bonds. The monoisotopic (exact) mass is 302 g/mol. The molecule has 1 aromatic rings. The van der Waals surface area contributed by atoms with E-state index in [2.05, 4.69) is 26.2 Å². The average molecular weight is 303 g/mol. The smallest absolute Gasteiger partial charge is 0.326 e. The fourth-order valence-corrected chi connectivity index (χ4v) is 1.61. The van der Waals surface area contributed by atoms with Crippen molar-refractivity contribution in [3.8, 4) is 0 Å². The van der Waals surface area contributed by atoms with Gasteiger partial charge in [-0.25, -0.2) is 9.78 Å². The molecule has 0 fully saturated rings. The molecule has 0 spiro atoms. The van der Waals surface area contributed by atoms with Crippen LogP contribution in [0.4, 0.5) is 0 Å². The number of hydrogen-bond acceptors (Lipinski definition) is 4. The number of halogens is 1. The van der Waals surface area contributed by atoms with E-state index in [-0.39, 0.29) is 18.6 Å². The van der Waals surface area contributed by atoms with Gasteiger partial charge >= 0.3 is 5.97 Å². The molecule has 0 aliphatic rings. The molecule has 1 unspecified atom stereocenters. The standard InChI is InChI=1S/C10H11BrN2O4/c11-8-6(2-1-4-12-8)9(15)13-7(3-5-14)10(16)17/h1-2,4,7,14H,3,5H2,(H,13,15)(H,16,17). The number of hydrogen-bond donors (Lipinski definition) is 3. The lowest BCUT2D eigenvalue weighted by Gasteiger charge is -2.13. The summed E-state index contributed by atoms with van der Waals surface area (Å²) in [5, 5.41) is 19.8. The van der Waals surface area contributed by atoms with Gasteiger partial charge in [-0.3, -0.25) is 4.79 Å². The number of aliphatic hydroxyl groups excluding tert-OH is 1. The van der Waals surface area contributed by atoms with Gasteiger partial charge < -0.3 is 15.5 Å². The van der Waals surface area contributed by atoms with Gasteiger partial charge in [0, 0.05) is 19.2 Å². The zero-order valence-electron chi connectivity index (χ0n) is 8.76. The van der Waals surface area contributed by atoms with E-state index in [4.69, 9.17) is 10.2 Å². The number of aromatic nitrogens is 1. The number of carbonyl (C=O) groups excluding carboxylic acids is 1. The van der Waals surface area contributed by atoms with Gasteiger partial charge in [-0.1, -0.05) is 0 Å². The maximum Gasteiger partial charge on any atom is 0.326 e. The Balaban J connectivity index is 2.77. The fourth-order valence-electron chi connectivity index (χ4n) is 1.18. The van der Waals surface area contributed by atoms with Crippen LogP contribution in [0.2, 0.25) is 0 Å². The van der Waals surface area contributed by atoms with Gasteiger partial charge in [0.1, 0.15) is 10.6 Å². The number of amides is 1. The second-order valence-corrected chi connectivity index (χ2v) is 3.97. The third kappa shape index (κ3) is 3.79. The highest BCUT2D eigenvalue weighted by Crippen LogP contribution is 2.12. The number of carboxylic acids is 1. The van der Waals surface area contributed by atoms with Crippen molar-refractivity contribution in [2.75, 3.05) is 6.61 Å². The van der Waals surface area contributed by atoms with Gasteiger partial charge in [-0.15, -0.1) is 0 Å². The van der Waals surface area contributed by atoms with Gasteiger partial charge in [0.2, 0.25) is 0 Å². The summed E-state index contributed by atoms with van der Waals surface area (Å²) in [6.45, 7) is -0.314. The predicted molar refractivity (Wildman–Crippen MR) is 62.5 cm³/mol. The van der Waals surface area contributed by atoms with Crippen molar-refractivity contribution in [3.63, 3.8) is 0 Å². The second-order valence-electron chi connectivity index (χ2n) is 3.22. The summed E-state index contributed by atoms with van der Waals surface area (Å²) in [6, 6.07) is 1.98. The second kappa shape index (κ2) is 6.31. The van der Waals surface area contributed by atoms with Gasteiger partial charge in [0.05, 0.1) is 5.56 Å². The Morgan fingerprint density at radius 2 is 2.24 bits per heavy atom. The van der Waals surface area contributed by atoms with Crippen LogP contribution >= 0.6 is 15.9 Å². The van der Waals surface area contributed by atoms with Crippen LogP contribution in [-0.4, -0.2) is 39.7 Å².